The lowest BCUT2D eigenvalue weighted by Crippen LogP contribution is -2.26. The number of hydrogen-bond acceptors (Lipinski definition) is 3. The lowest BCUT2D eigenvalue weighted by molar-refractivity contribution is 0.413. The predicted octanol–water partition coefficient (Wildman–Crippen LogP) is 3.62. The molecule has 94 valence electrons. The lowest BCUT2D eigenvalue weighted by atomic mass is 10.0. The maximum absolute atomic E-state index is 5.30. The van der Waals surface area contributed by atoms with Crippen LogP contribution in [0.5, 0.6) is 5.75 Å². The quantitative estimate of drug-likeness (QED) is 0.863. The first-order valence-corrected chi connectivity index (χ1v) is 7.26. The van der Waals surface area contributed by atoms with Crippen LogP contribution in [0.25, 0.3) is 0 Å². The fourth-order valence-corrected chi connectivity index (χ4v) is 3.98. The van der Waals surface area contributed by atoms with Crippen molar-refractivity contribution in [1.29, 1.82) is 0 Å². The summed E-state index contributed by atoms with van der Waals surface area (Å²) in [5.41, 5.74) is 1.44. The first-order chi connectivity index (χ1) is 8.30. The van der Waals surface area contributed by atoms with Crippen molar-refractivity contribution in [1.82, 2.24) is 5.32 Å². The summed E-state index contributed by atoms with van der Waals surface area (Å²) in [5, 5.41) is 4.28. The van der Waals surface area contributed by atoms with E-state index in [-0.39, 0.29) is 0 Å². The Kier molecular flexibility index (Phi) is 4.35. The minimum absolute atomic E-state index is 0.505. The Balaban J connectivity index is 2.25. The molecule has 17 heavy (non-hydrogen) atoms. The standard InChI is InChI=1S/C14H21NOS/c1-4-6-12-14(15-5-2)11-8-7-10(16-3)9-13(11)17-12/h7-9,12,14-15H,4-6H2,1-3H3. The molecule has 0 saturated heterocycles. The lowest BCUT2D eigenvalue weighted by Gasteiger charge is -2.19. The third-order valence-corrected chi connectivity index (χ3v) is 4.62. The Morgan fingerprint density at radius 3 is 2.82 bits per heavy atom. The molecule has 1 aliphatic rings. The Labute approximate surface area is 108 Å². The van der Waals surface area contributed by atoms with Crippen LogP contribution in [0.15, 0.2) is 23.1 Å². The maximum atomic E-state index is 5.30. The molecule has 3 heteroatoms. The van der Waals surface area contributed by atoms with E-state index in [0.717, 1.165) is 12.3 Å². The molecule has 0 spiro atoms. The van der Waals surface area contributed by atoms with E-state index in [1.54, 1.807) is 7.11 Å². The number of nitrogens with one attached hydrogen (secondary N) is 1. The molecule has 1 heterocycles. The summed E-state index contributed by atoms with van der Waals surface area (Å²) in [6, 6.07) is 6.95. The highest BCUT2D eigenvalue weighted by atomic mass is 32.2. The molecule has 0 amide bonds. The van der Waals surface area contributed by atoms with Crippen molar-refractivity contribution >= 4 is 11.8 Å². The van der Waals surface area contributed by atoms with E-state index in [1.807, 2.05) is 11.8 Å². The van der Waals surface area contributed by atoms with Gasteiger partial charge in [0.2, 0.25) is 0 Å². The van der Waals surface area contributed by atoms with Crippen molar-refractivity contribution in [3.05, 3.63) is 23.8 Å². The van der Waals surface area contributed by atoms with Gasteiger partial charge >= 0.3 is 0 Å². The third-order valence-electron chi connectivity index (χ3n) is 3.20. The van der Waals surface area contributed by atoms with Crippen LogP contribution in [0.1, 0.15) is 38.3 Å². The fraction of sp³-hybridized carbons (Fsp3) is 0.571. The van der Waals surface area contributed by atoms with Crippen LogP contribution in [0.3, 0.4) is 0 Å². The van der Waals surface area contributed by atoms with Crippen molar-refractivity contribution in [2.75, 3.05) is 13.7 Å². The summed E-state index contributed by atoms with van der Waals surface area (Å²) in [5.74, 6) is 0.962. The highest BCUT2D eigenvalue weighted by Crippen LogP contribution is 2.47. The highest BCUT2D eigenvalue weighted by molar-refractivity contribution is 8.00. The second-order valence-electron chi connectivity index (χ2n) is 4.38. The predicted molar refractivity (Wildman–Crippen MR) is 74.0 cm³/mol. The van der Waals surface area contributed by atoms with Gasteiger partial charge in [-0.3, -0.25) is 0 Å². The molecule has 1 aromatic rings. The molecule has 1 aliphatic heterocycles. The Hall–Kier alpha value is -0.670. The van der Waals surface area contributed by atoms with E-state index in [2.05, 4.69) is 37.4 Å². The van der Waals surface area contributed by atoms with Gasteiger partial charge in [0.25, 0.3) is 0 Å². The topological polar surface area (TPSA) is 21.3 Å². The minimum atomic E-state index is 0.505. The summed E-state index contributed by atoms with van der Waals surface area (Å²) in [7, 11) is 1.73. The molecule has 1 N–H and O–H groups in total. The molecule has 2 unspecified atom stereocenters. The normalized spacial score (nSPS) is 22.5. The molecule has 0 fully saturated rings. The third kappa shape index (κ3) is 2.61. The van der Waals surface area contributed by atoms with E-state index in [0.29, 0.717) is 11.3 Å². The van der Waals surface area contributed by atoms with Gasteiger partial charge in [-0.2, -0.15) is 0 Å². The van der Waals surface area contributed by atoms with E-state index >= 15 is 0 Å². The fourth-order valence-electron chi connectivity index (χ4n) is 2.40. The maximum Gasteiger partial charge on any atom is 0.119 e. The van der Waals surface area contributed by atoms with Gasteiger partial charge in [0.15, 0.2) is 0 Å². The van der Waals surface area contributed by atoms with Gasteiger partial charge in [-0.15, -0.1) is 11.8 Å². The molecular weight excluding hydrogens is 230 g/mol. The van der Waals surface area contributed by atoms with Gasteiger partial charge < -0.3 is 10.1 Å². The van der Waals surface area contributed by atoms with Crippen LogP contribution in [0, 0.1) is 0 Å². The van der Waals surface area contributed by atoms with Crippen molar-refractivity contribution in [2.45, 2.75) is 42.9 Å². The van der Waals surface area contributed by atoms with Gasteiger partial charge in [-0.1, -0.05) is 26.3 Å². The van der Waals surface area contributed by atoms with Gasteiger partial charge in [0.05, 0.1) is 7.11 Å². The average Bonchev–Trinajstić information content (AvgIpc) is 2.68. The van der Waals surface area contributed by atoms with E-state index in [9.17, 15) is 0 Å². The molecule has 0 saturated carbocycles. The van der Waals surface area contributed by atoms with Crippen molar-refractivity contribution in [3.8, 4) is 5.75 Å². The smallest absolute Gasteiger partial charge is 0.119 e. The molecule has 0 aliphatic carbocycles. The van der Waals surface area contributed by atoms with E-state index < -0.39 is 0 Å². The van der Waals surface area contributed by atoms with Gasteiger partial charge in [0, 0.05) is 16.2 Å². The van der Waals surface area contributed by atoms with E-state index in [4.69, 9.17) is 4.74 Å². The summed E-state index contributed by atoms with van der Waals surface area (Å²) in [6.45, 7) is 5.46. The van der Waals surface area contributed by atoms with Crippen LogP contribution >= 0.6 is 11.8 Å². The number of thioether (sulfide) groups is 1. The summed E-state index contributed by atoms with van der Waals surface area (Å²) in [4.78, 5) is 1.38. The number of methoxy groups -OCH3 is 1. The van der Waals surface area contributed by atoms with E-state index in [1.165, 1.54) is 23.3 Å². The molecule has 0 radical (unpaired) electrons. The number of fused-ring (bicyclic) bond motifs is 1. The molecule has 0 aromatic heterocycles. The van der Waals surface area contributed by atoms with Crippen molar-refractivity contribution < 1.29 is 4.74 Å². The number of rotatable bonds is 5. The van der Waals surface area contributed by atoms with Crippen molar-refractivity contribution in [2.24, 2.45) is 0 Å². The zero-order chi connectivity index (χ0) is 12.3. The zero-order valence-electron chi connectivity index (χ0n) is 10.8. The molecule has 1 aromatic carbocycles. The molecule has 2 rings (SSSR count). The Bertz CT molecular complexity index is 380. The first kappa shape index (κ1) is 12.8. The molecular formula is C14H21NOS. The Morgan fingerprint density at radius 2 is 2.18 bits per heavy atom. The Morgan fingerprint density at radius 1 is 1.35 bits per heavy atom. The SMILES string of the molecule is CCCC1Sc2cc(OC)ccc2C1NCC. The number of hydrogen-bond donors (Lipinski definition) is 1. The summed E-state index contributed by atoms with van der Waals surface area (Å²) >= 11 is 2.00. The average molecular weight is 251 g/mol. The summed E-state index contributed by atoms with van der Waals surface area (Å²) < 4.78 is 5.30. The van der Waals surface area contributed by atoms with Crippen LogP contribution in [0.4, 0.5) is 0 Å². The van der Waals surface area contributed by atoms with Crippen LogP contribution in [-0.2, 0) is 0 Å². The van der Waals surface area contributed by atoms with Gasteiger partial charge in [-0.05, 0) is 30.7 Å². The largest absolute Gasteiger partial charge is 0.497 e. The first-order valence-electron chi connectivity index (χ1n) is 6.38. The van der Waals surface area contributed by atoms with Crippen LogP contribution in [0.2, 0.25) is 0 Å². The van der Waals surface area contributed by atoms with Crippen LogP contribution in [-0.4, -0.2) is 18.9 Å². The van der Waals surface area contributed by atoms with Crippen LogP contribution < -0.4 is 10.1 Å². The number of benzene rings is 1. The van der Waals surface area contributed by atoms with Gasteiger partial charge in [0.1, 0.15) is 5.75 Å². The second kappa shape index (κ2) is 5.78. The molecule has 0 bridgehead atoms. The van der Waals surface area contributed by atoms with Crippen molar-refractivity contribution in [3.63, 3.8) is 0 Å². The van der Waals surface area contributed by atoms with Gasteiger partial charge in [-0.25, -0.2) is 0 Å². The zero-order valence-corrected chi connectivity index (χ0v) is 11.6. The molecule has 2 atom stereocenters. The minimum Gasteiger partial charge on any atom is -0.497 e. The number of ether oxygens (including phenoxy) is 1. The monoisotopic (exact) mass is 251 g/mol. The second-order valence-corrected chi connectivity index (χ2v) is 5.67. The summed E-state index contributed by atoms with van der Waals surface area (Å²) in [6.07, 6.45) is 2.50. The molecule has 2 nitrogen and oxygen atoms in total. The highest BCUT2D eigenvalue weighted by Gasteiger charge is 2.32.